The van der Waals surface area contributed by atoms with Crippen LogP contribution in [-0.4, -0.2) is 92.0 Å². The molecule has 0 saturated carbocycles. The van der Waals surface area contributed by atoms with E-state index in [0.717, 1.165) is 83.0 Å². The average Bonchev–Trinajstić information content (AvgIpc) is 2.86. The lowest BCUT2D eigenvalue weighted by Gasteiger charge is -2.40. The molecule has 1 atom stereocenters. The van der Waals surface area contributed by atoms with Crippen LogP contribution < -0.4 is 14.7 Å². The molecule has 31 heavy (non-hydrogen) atoms. The fraction of sp³-hybridized carbons (Fsp3) is 0.609. The SMILES string of the molecule is c1ccc(N2CCN(CC3CCCN(c4cc(N5CCOCC5)ncn4)C3)CC2)nc1. The van der Waals surface area contributed by atoms with Crippen molar-refractivity contribution >= 4 is 17.5 Å². The Morgan fingerprint density at radius 1 is 0.806 bits per heavy atom. The highest BCUT2D eigenvalue weighted by molar-refractivity contribution is 5.50. The maximum Gasteiger partial charge on any atom is 0.134 e. The van der Waals surface area contributed by atoms with Gasteiger partial charge in [-0.05, 0) is 30.9 Å². The number of piperidine rings is 1. The molecular formula is C23H33N7O. The predicted octanol–water partition coefficient (Wildman–Crippen LogP) is 1.75. The van der Waals surface area contributed by atoms with E-state index >= 15 is 0 Å². The van der Waals surface area contributed by atoms with Crippen LogP contribution in [0.3, 0.4) is 0 Å². The summed E-state index contributed by atoms with van der Waals surface area (Å²) in [5.41, 5.74) is 0. The van der Waals surface area contributed by atoms with Crippen molar-refractivity contribution in [3.8, 4) is 0 Å². The lowest BCUT2D eigenvalue weighted by Crippen LogP contribution is -2.50. The molecule has 2 aromatic rings. The van der Waals surface area contributed by atoms with Gasteiger partial charge in [-0.1, -0.05) is 6.07 Å². The molecular weight excluding hydrogens is 390 g/mol. The largest absolute Gasteiger partial charge is 0.378 e. The summed E-state index contributed by atoms with van der Waals surface area (Å²) in [6.45, 7) is 11.1. The first-order chi connectivity index (χ1) is 15.3. The third-order valence-corrected chi connectivity index (χ3v) is 6.68. The van der Waals surface area contributed by atoms with Crippen molar-refractivity contribution in [3.63, 3.8) is 0 Å². The van der Waals surface area contributed by atoms with Crippen LogP contribution in [0.4, 0.5) is 17.5 Å². The third-order valence-electron chi connectivity index (χ3n) is 6.68. The number of aromatic nitrogens is 3. The van der Waals surface area contributed by atoms with E-state index in [1.807, 2.05) is 12.3 Å². The van der Waals surface area contributed by atoms with Gasteiger partial charge in [-0.3, -0.25) is 4.90 Å². The van der Waals surface area contributed by atoms with Crippen LogP contribution in [0.5, 0.6) is 0 Å². The molecule has 1 unspecified atom stereocenters. The lowest BCUT2D eigenvalue weighted by molar-refractivity contribution is 0.122. The van der Waals surface area contributed by atoms with Gasteiger partial charge in [-0.25, -0.2) is 15.0 Å². The zero-order valence-corrected chi connectivity index (χ0v) is 18.3. The van der Waals surface area contributed by atoms with Crippen LogP contribution in [0.15, 0.2) is 36.8 Å². The van der Waals surface area contributed by atoms with E-state index in [0.29, 0.717) is 5.92 Å². The Balaban J connectivity index is 1.15. The van der Waals surface area contributed by atoms with Crippen LogP contribution in [0.2, 0.25) is 0 Å². The maximum atomic E-state index is 5.48. The molecule has 5 heterocycles. The van der Waals surface area contributed by atoms with Gasteiger partial charge in [0.25, 0.3) is 0 Å². The van der Waals surface area contributed by atoms with Gasteiger partial charge in [0.1, 0.15) is 23.8 Å². The monoisotopic (exact) mass is 423 g/mol. The zero-order chi connectivity index (χ0) is 20.9. The molecule has 166 valence electrons. The highest BCUT2D eigenvalue weighted by Gasteiger charge is 2.26. The van der Waals surface area contributed by atoms with Crippen molar-refractivity contribution in [2.45, 2.75) is 12.8 Å². The van der Waals surface area contributed by atoms with E-state index in [2.05, 4.69) is 52.8 Å². The van der Waals surface area contributed by atoms with E-state index < -0.39 is 0 Å². The van der Waals surface area contributed by atoms with Crippen LogP contribution in [-0.2, 0) is 4.74 Å². The Morgan fingerprint density at radius 3 is 2.35 bits per heavy atom. The minimum Gasteiger partial charge on any atom is -0.378 e. The summed E-state index contributed by atoms with van der Waals surface area (Å²) < 4.78 is 5.48. The minimum absolute atomic E-state index is 0.692. The molecule has 3 aliphatic rings. The number of anilines is 3. The maximum absolute atomic E-state index is 5.48. The zero-order valence-electron chi connectivity index (χ0n) is 18.3. The number of nitrogens with zero attached hydrogens (tertiary/aromatic N) is 7. The number of ether oxygens (including phenoxy) is 1. The number of hydrogen-bond donors (Lipinski definition) is 0. The summed E-state index contributed by atoms with van der Waals surface area (Å²) in [5.74, 6) is 3.89. The quantitative estimate of drug-likeness (QED) is 0.721. The molecule has 0 N–H and O–H groups in total. The molecule has 0 spiro atoms. The molecule has 0 aliphatic carbocycles. The van der Waals surface area contributed by atoms with E-state index in [1.54, 1.807) is 6.33 Å². The summed E-state index contributed by atoms with van der Waals surface area (Å²) in [4.78, 5) is 23.4. The number of morpholine rings is 1. The second-order valence-electron chi connectivity index (χ2n) is 8.76. The normalized spacial score (nSPS) is 23.2. The van der Waals surface area contributed by atoms with Crippen molar-refractivity contribution in [3.05, 3.63) is 36.8 Å². The molecule has 3 fully saturated rings. The first-order valence-corrected chi connectivity index (χ1v) is 11.6. The Kier molecular flexibility index (Phi) is 6.46. The summed E-state index contributed by atoms with van der Waals surface area (Å²) in [6, 6.07) is 8.33. The lowest BCUT2D eigenvalue weighted by atomic mass is 9.97. The topological polar surface area (TPSA) is 60.9 Å². The van der Waals surface area contributed by atoms with Crippen LogP contribution in [0, 0.1) is 5.92 Å². The van der Waals surface area contributed by atoms with Crippen LogP contribution >= 0.6 is 0 Å². The molecule has 0 bridgehead atoms. The molecule has 3 aliphatic heterocycles. The predicted molar refractivity (Wildman–Crippen MR) is 123 cm³/mol. The molecule has 2 aromatic heterocycles. The number of rotatable bonds is 5. The van der Waals surface area contributed by atoms with Crippen LogP contribution in [0.1, 0.15) is 12.8 Å². The van der Waals surface area contributed by atoms with Gasteiger partial charge in [0.05, 0.1) is 13.2 Å². The van der Waals surface area contributed by atoms with Gasteiger partial charge in [0.2, 0.25) is 0 Å². The molecule has 0 aromatic carbocycles. The van der Waals surface area contributed by atoms with Crippen molar-refractivity contribution < 1.29 is 4.74 Å². The molecule has 3 saturated heterocycles. The minimum atomic E-state index is 0.692. The smallest absolute Gasteiger partial charge is 0.134 e. The fourth-order valence-electron chi connectivity index (χ4n) is 4.96. The summed E-state index contributed by atoms with van der Waals surface area (Å²) in [5, 5.41) is 0. The second-order valence-corrected chi connectivity index (χ2v) is 8.76. The molecule has 8 heteroatoms. The Morgan fingerprint density at radius 2 is 1.58 bits per heavy atom. The van der Waals surface area contributed by atoms with Gasteiger partial charge in [-0.2, -0.15) is 0 Å². The first-order valence-electron chi connectivity index (χ1n) is 11.6. The van der Waals surface area contributed by atoms with E-state index in [4.69, 9.17) is 4.74 Å². The van der Waals surface area contributed by atoms with Crippen LogP contribution in [0.25, 0.3) is 0 Å². The van der Waals surface area contributed by atoms with Crippen molar-refractivity contribution in [1.82, 2.24) is 19.9 Å². The second kappa shape index (κ2) is 9.78. The molecule has 0 amide bonds. The van der Waals surface area contributed by atoms with E-state index in [-0.39, 0.29) is 0 Å². The number of pyridine rings is 1. The summed E-state index contributed by atoms with van der Waals surface area (Å²) in [6.07, 6.45) is 6.14. The number of hydrogen-bond acceptors (Lipinski definition) is 8. The Bertz CT molecular complexity index is 822. The van der Waals surface area contributed by atoms with Crippen molar-refractivity contribution in [2.24, 2.45) is 5.92 Å². The van der Waals surface area contributed by atoms with E-state index in [1.165, 1.54) is 19.4 Å². The highest BCUT2D eigenvalue weighted by Crippen LogP contribution is 2.25. The van der Waals surface area contributed by atoms with Gasteiger partial charge in [-0.15, -0.1) is 0 Å². The third kappa shape index (κ3) is 5.07. The average molecular weight is 424 g/mol. The van der Waals surface area contributed by atoms with E-state index in [9.17, 15) is 0 Å². The Hall–Kier alpha value is -2.45. The molecule has 8 nitrogen and oxygen atoms in total. The Labute approximate surface area is 184 Å². The van der Waals surface area contributed by atoms with Gasteiger partial charge in [0.15, 0.2) is 0 Å². The summed E-state index contributed by atoms with van der Waals surface area (Å²) in [7, 11) is 0. The number of piperazine rings is 1. The highest BCUT2D eigenvalue weighted by atomic mass is 16.5. The van der Waals surface area contributed by atoms with Gasteiger partial charge in [0, 0.05) is 71.2 Å². The first kappa shape index (κ1) is 20.5. The molecule has 5 rings (SSSR count). The molecule has 0 radical (unpaired) electrons. The summed E-state index contributed by atoms with van der Waals surface area (Å²) >= 11 is 0. The van der Waals surface area contributed by atoms with Gasteiger partial charge >= 0.3 is 0 Å². The van der Waals surface area contributed by atoms with Crippen molar-refractivity contribution in [1.29, 1.82) is 0 Å². The fourth-order valence-corrected chi connectivity index (χ4v) is 4.96. The van der Waals surface area contributed by atoms with Gasteiger partial charge < -0.3 is 19.4 Å². The van der Waals surface area contributed by atoms with Crippen molar-refractivity contribution in [2.75, 3.05) is 86.8 Å². The standard InChI is InChI=1S/C23H33N7O/c1-2-6-24-21(5-1)28-10-8-27(9-11-28)17-20-4-3-7-30(18-20)23-16-22(25-19-26-23)29-12-14-31-15-13-29/h1-2,5-6,16,19-20H,3-4,7-15,17-18H2.